The van der Waals surface area contributed by atoms with Gasteiger partial charge in [0.25, 0.3) is 5.91 Å². The van der Waals surface area contributed by atoms with Gasteiger partial charge in [0.15, 0.2) is 11.7 Å². The van der Waals surface area contributed by atoms with Crippen LogP contribution in [0.25, 0.3) is 10.9 Å². The van der Waals surface area contributed by atoms with E-state index in [9.17, 15) is 14.7 Å². The Hall–Kier alpha value is -2.41. The Morgan fingerprint density at radius 3 is 2.60 bits per heavy atom. The van der Waals surface area contributed by atoms with Crippen LogP contribution in [-0.4, -0.2) is 44.0 Å². The van der Waals surface area contributed by atoms with E-state index in [1.807, 2.05) is 12.1 Å². The van der Waals surface area contributed by atoms with Gasteiger partial charge in [-0.05, 0) is 13.0 Å². The van der Waals surface area contributed by atoms with Crippen molar-refractivity contribution in [2.75, 3.05) is 0 Å². The summed E-state index contributed by atoms with van der Waals surface area (Å²) in [5, 5.41) is 25.3. The van der Waals surface area contributed by atoms with Crippen molar-refractivity contribution in [1.82, 2.24) is 15.1 Å². The normalized spacial score (nSPS) is 13.9. The molecule has 2 unspecified atom stereocenters. The summed E-state index contributed by atoms with van der Waals surface area (Å²) in [7, 11) is 1.70. The van der Waals surface area contributed by atoms with Crippen molar-refractivity contribution in [1.29, 1.82) is 0 Å². The number of carbonyl (C=O) groups excluding carboxylic acids is 1. The van der Waals surface area contributed by atoms with E-state index in [2.05, 4.69) is 10.4 Å². The minimum atomic E-state index is -1.37. The summed E-state index contributed by atoms with van der Waals surface area (Å²) < 4.78 is 1.54. The average molecular weight is 277 g/mol. The second-order valence-corrected chi connectivity index (χ2v) is 4.52. The number of aryl methyl sites for hydroxylation is 1. The number of fused-ring (bicyclic) bond motifs is 1. The predicted octanol–water partition coefficient (Wildman–Crippen LogP) is 0.137. The Balaban J connectivity index is 2.34. The lowest BCUT2D eigenvalue weighted by molar-refractivity contribution is -0.141. The van der Waals surface area contributed by atoms with E-state index in [1.165, 1.54) is 6.92 Å². The number of aliphatic hydroxyl groups is 1. The van der Waals surface area contributed by atoms with Crippen LogP contribution < -0.4 is 5.32 Å². The Morgan fingerprint density at radius 2 is 2.00 bits per heavy atom. The van der Waals surface area contributed by atoms with Crippen molar-refractivity contribution in [3.8, 4) is 0 Å². The summed E-state index contributed by atoms with van der Waals surface area (Å²) in [6, 6.07) is 5.76. The number of para-hydroxylation sites is 1. The van der Waals surface area contributed by atoms with Gasteiger partial charge >= 0.3 is 5.97 Å². The number of nitrogens with zero attached hydrogens (tertiary/aromatic N) is 2. The van der Waals surface area contributed by atoms with E-state index in [1.54, 1.807) is 23.9 Å². The molecule has 0 saturated carbocycles. The fraction of sp³-hybridized carbons (Fsp3) is 0.308. The Labute approximate surface area is 114 Å². The SMILES string of the molecule is CC(O)C(NC(=O)c1nn(C)c2ccccc12)C(=O)O. The zero-order valence-corrected chi connectivity index (χ0v) is 11.1. The van der Waals surface area contributed by atoms with Crippen molar-refractivity contribution in [2.45, 2.75) is 19.1 Å². The molecule has 2 rings (SSSR count). The maximum Gasteiger partial charge on any atom is 0.328 e. The van der Waals surface area contributed by atoms with E-state index in [0.29, 0.717) is 5.39 Å². The fourth-order valence-electron chi connectivity index (χ4n) is 1.98. The van der Waals surface area contributed by atoms with Gasteiger partial charge < -0.3 is 15.5 Å². The molecule has 0 radical (unpaired) electrons. The molecule has 1 aromatic carbocycles. The molecule has 7 heteroatoms. The molecule has 3 N–H and O–H groups in total. The summed E-state index contributed by atoms with van der Waals surface area (Å²) in [6.45, 7) is 1.30. The first-order valence-corrected chi connectivity index (χ1v) is 6.05. The molecule has 0 fully saturated rings. The molecule has 1 aromatic heterocycles. The van der Waals surface area contributed by atoms with Crippen LogP contribution >= 0.6 is 0 Å². The van der Waals surface area contributed by atoms with E-state index < -0.39 is 24.0 Å². The summed E-state index contributed by atoms with van der Waals surface area (Å²) >= 11 is 0. The van der Waals surface area contributed by atoms with Crippen molar-refractivity contribution in [3.63, 3.8) is 0 Å². The molecule has 2 aromatic rings. The number of amides is 1. The van der Waals surface area contributed by atoms with Crippen molar-refractivity contribution in [2.24, 2.45) is 7.05 Å². The number of nitrogens with one attached hydrogen (secondary N) is 1. The zero-order valence-electron chi connectivity index (χ0n) is 11.1. The number of aliphatic carboxylic acids is 1. The summed E-state index contributed by atoms with van der Waals surface area (Å²) in [5.74, 6) is -1.93. The van der Waals surface area contributed by atoms with Crippen LogP contribution in [0.3, 0.4) is 0 Å². The molecule has 0 spiro atoms. The molecule has 2 atom stereocenters. The zero-order chi connectivity index (χ0) is 14.9. The highest BCUT2D eigenvalue weighted by molar-refractivity contribution is 6.05. The monoisotopic (exact) mass is 277 g/mol. The van der Waals surface area contributed by atoms with Crippen LogP contribution in [0.5, 0.6) is 0 Å². The third-order valence-electron chi connectivity index (χ3n) is 3.01. The Morgan fingerprint density at radius 1 is 1.35 bits per heavy atom. The van der Waals surface area contributed by atoms with Crippen LogP contribution in [0.15, 0.2) is 24.3 Å². The van der Waals surface area contributed by atoms with E-state index in [-0.39, 0.29) is 5.69 Å². The van der Waals surface area contributed by atoms with E-state index >= 15 is 0 Å². The molecule has 0 bridgehead atoms. The standard InChI is InChI=1S/C13H15N3O4/c1-7(17)10(13(19)20)14-12(18)11-8-5-3-4-6-9(8)16(2)15-11/h3-7,10,17H,1-2H3,(H,14,18)(H,19,20). The smallest absolute Gasteiger partial charge is 0.328 e. The minimum absolute atomic E-state index is 0.134. The second-order valence-electron chi connectivity index (χ2n) is 4.52. The lowest BCUT2D eigenvalue weighted by Crippen LogP contribution is -2.47. The number of aromatic nitrogens is 2. The number of carboxylic acid groups (broad SMARTS) is 1. The number of carbonyl (C=O) groups is 2. The number of aliphatic hydroxyl groups excluding tert-OH is 1. The summed E-state index contributed by atoms with van der Waals surface area (Å²) in [4.78, 5) is 23.1. The summed E-state index contributed by atoms with van der Waals surface area (Å²) in [5.41, 5.74) is 0.900. The lowest BCUT2D eigenvalue weighted by Gasteiger charge is -2.16. The van der Waals surface area contributed by atoms with Gasteiger partial charge in [0, 0.05) is 12.4 Å². The van der Waals surface area contributed by atoms with Crippen LogP contribution in [0.2, 0.25) is 0 Å². The predicted molar refractivity (Wildman–Crippen MR) is 71.3 cm³/mol. The average Bonchev–Trinajstić information content (AvgIpc) is 2.73. The third-order valence-corrected chi connectivity index (χ3v) is 3.01. The van der Waals surface area contributed by atoms with Crippen LogP contribution in [0.1, 0.15) is 17.4 Å². The number of carboxylic acids is 1. The molecule has 20 heavy (non-hydrogen) atoms. The quantitative estimate of drug-likeness (QED) is 0.737. The number of benzene rings is 1. The molecule has 7 nitrogen and oxygen atoms in total. The molecule has 0 aliphatic carbocycles. The topological polar surface area (TPSA) is 104 Å². The second kappa shape index (κ2) is 5.30. The number of hydrogen-bond acceptors (Lipinski definition) is 4. The molecule has 106 valence electrons. The van der Waals surface area contributed by atoms with Gasteiger partial charge in [-0.1, -0.05) is 18.2 Å². The largest absolute Gasteiger partial charge is 0.480 e. The van der Waals surface area contributed by atoms with Gasteiger partial charge in [-0.15, -0.1) is 0 Å². The maximum absolute atomic E-state index is 12.1. The van der Waals surface area contributed by atoms with Crippen molar-refractivity contribution < 1.29 is 19.8 Å². The molecular weight excluding hydrogens is 262 g/mol. The number of hydrogen-bond donors (Lipinski definition) is 3. The van der Waals surface area contributed by atoms with E-state index in [0.717, 1.165) is 5.52 Å². The first kappa shape index (κ1) is 14.0. The Bertz CT molecular complexity index is 663. The number of rotatable bonds is 4. The molecule has 0 aliphatic heterocycles. The third kappa shape index (κ3) is 2.48. The van der Waals surface area contributed by atoms with Crippen molar-refractivity contribution >= 4 is 22.8 Å². The first-order chi connectivity index (χ1) is 9.41. The highest BCUT2D eigenvalue weighted by atomic mass is 16.4. The lowest BCUT2D eigenvalue weighted by atomic mass is 10.1. The molecule has 1 heterocycles. The van der Waals surface area contributed by atoms with Crippen LogP contribution in [-0.2, 0) is 11.8 Å². The first-order valence-electron chi connectivity index (χ1n) is 6.05. The van der Waals surface area contributed by atoms with Gasteiger partial charge in [-0.25, -0.2) is 4.79 Å². The maximum atomic E-state index is 12.1. The molecule has 0 aliphatic rings. The highest BCUT2D eigenvalue weighted by Crippen LogP contribution is 2.17. The summed E-state index contributed by atoms with van der Waals surface area (Å²) in [6.07, 6.45) is -1.20. The van der Waals surface area contributed by atoms with Crippen molar-refractivity contribution in [3.05, 3.63) is 30.0 Å². The van der Waals surface area contributed by atoms with Crippen LogP contribution in [0, 0.1) is 0 Å². The minimum Gasteiger partial charge on any atom is -0.480 e. The molecular formula is C13H15N3O4. The highest BCUT2D eigenvalue weighted by Gasteiger charge is 2.27. The Kier molecular flexibility index (Phi) is 3.71. The van der Waals surface area contributed by atoms with Gasteiger partial charge in [0.1, 0.15) is 0 Å². The van der Waals surface area contributed by atoms with Gasteiger partial charge in [-0.3, -0.25) is 9.48 Å². The van der Waals surface area contributed by atoms with E-state index in [4.69, 9.17) is 5.11 Å². The van der Waals surface area contributed by atoms with Gasteiger partial charge in [0.2, 0.25) is 0 Å². The van der Waals surface area contributed by atoms with Crippen LogP contribution in [0.4, 0.5) is 0 Å². The molecule has 1 amide bonds. The van der Waals surface area contributed by atoms with Gasteiger partial charge in [0.05, 0.1) is 11.6 Å². The van der Waals surface area contributed by atoms with Gasteiger partial charge in [-0.2, -0.15) is 5.10 Å². The fourth-order valence-corrected chi connectivity index (χ4v) is 1.98. The molecule has 0 saturated heterocycles.